The number of nitrogens with two attached hydrogens (primary N) is 1. The molecule has 3 nitrogen and oxygen atoms in total. The molecule has 16 heavy (non-hydrogen) atoms. The number of benzene rings is 1. The zero-order chi connectivity index (χ0) is 12.3. The molecule has 0 fully saturated rings. The van der Waals surface area contributed by atoms with Gasteiger partial charge < -0.3 is 11.1 Å². The number of nitrogens with one attached hydrogen (secondary N) is 1. The highest BCUT2D eigenvalue weighted by atomic mass is 35.5. The van der Waals surface area contributed by atoms with E-state index in [1.54, 1.807) is 12.1 Å². The molecule has 0 bridgehead atoms. The lowest BCUT2D eigenvalue weighted by molar-refractivity contribution is -0.115. The molecule has 0 aliphatic carbocycles. The fourth-order valence-corrected chi connectivity index (χ4v) is 1.71. The van der Waals surface area contributed by atoms with Crippen LogP contribution in [0.5, 0.6) is 0 Å². The van der Waals surface area contributed by atoms with Crippen molar-refractivity contribution in [1.82, 2.24) is 0 Å². The largest absolute Gasteiger partial charge is 0.393 e. The number of aryl methyl sites for hydroxylation is 1. The molecule has 3 N–H and O–H groups in total. The first kappa shape index (κ1) is 13.2. The predicted octanol–water partition coefficient (Wildman–Crippen LogP) is 2.92. The topological polar surface area (TPSA) is 55.1 Å². The number of thiocarbonyl (C=S) groups is 1. The van der Waals surface area contributed by atoms with Gasteiger partial charge in [0, 0.05) is 0 Å². The van der Waals surface area contributed by atoms with E-state index in [4.69, 9.17) is 28.9 Å². The molecule has 6 heteroatoms. The van der Waals surface area contributed by atoms with Crippen LogP contribution in [-0.2, 0) is 4.79 Å². The number of halogens is 2. The van der Waals surface area contributed by atoms with Crippen molar-refractivity contribution in [1.29, 1.82) is 0 Å². The van der Waals surface area contributed by atoms with Gasteiger partial charge in [-0.2, -0.15) is 0 Å². The summed E-state index contributed by atoms with van der Waals surface area (Å²) in [7, 11) is 0. The SMILES string of the molecule is Cc1ccc(Cl)c(NC(=O)CC(N)=S)c1Cl. The van der Waals surface area contributed by atoms with Gasteiger partial charge in [-0.05, 0) is 18.6 Å². The summed E-state index contributed by atoms with van der Waals surface area (Å²) in [5, 5.41) is 3.38. The van der Waals surface area contributed by atoms with Gasteiger partial charge >= 0.3 is 0 Å². The highest BCUT2D eigenvalue weighted by Gasteiger charge is 2.12. The van der Waals surface area contributed by atoms with E-state index >= 15 is 0 Å². The zero-order valence-corrected chi connectivity index (χ0v) is 10.8. The van der Waals surface area contributed by atoms with Gasteiger partial charge in [0.15, 0.2) is 0 Å². The Kier molecular flexibility index (Phi) is 4.53. The van der Waals surface area contributed by atoms with E-state index < -0.39 is 0 Å². The number of amides is 1. The average Bonchev–Trinajstić information content (AvgIpc) is 2.17. The molecule has 86 valence electrons. The maximum atomic E-state index is 11.4. The van der Waals surface area contributed by atoms with E-state index in [0.717, 1.165) is 5.56 Å². The first-order chi connectivity index (χ1) is 7.41. The Bertz CT molecular complexity index is 449. The Balaban J connectivity index is 2.93. The summed E-state index contributed by atoms with van der Waals surface area (Å²) >= 11 is 16.6. The van der Waals surface area contributed by atoms with Crippen molar-refractivity contribution in [3.63, 3.8) is 0 Å². The van der Waals surface area contributed by atoms with Crippen molar-refractivity contribution in [2.45, 2.75) is 13.3 Å². The summed E-state index contributed by atoms with van der Waals surface area (Å²) in [6.45, 7) is 1.82. The van der Waals surface area contributed by atoms with Gasteiger partial charge in [0.2, 0.25) is 5.91 Å². The second-order valence-electron chi connectivity index (χ2n) is 3.24. The number of carbonyl (C=O) groups is 1. The molecule has 0 radical (unpaired) electrons. The van der Waals surface area contributed by atoms with Gasteiger partial charge in [0.25, 0.3) is 0 Å². The summed E-state index contributed by atoms with van der Waals surface area (Å²) in [6.07, 6.45) is -0.0318. The van der Waals surface area contributed by atoms with Crippen molar-refractivity contribution in [3.05, 3.63) is 27.7 Å². The van der Waals surface area contributed by atoms with Gasteiger partial charge in [-0.25, -0.2) is 0 Å². The lowest BCUT2D eigenvalue weighted by Crippen LogP contribution is -2.20. The van der Waals surface area contributed by atoms with Gasteiger partial charge in [-0.3, -0.25) is 4.79 Å². The highest BCUT2D eigenvalue weighted by Crippen LogP contribution is 2.32. The van der Waals surface area contributed by atoms with E-state index in [2.05, 4.69) is 17.5 Å². The Morgan fingerprint density at radius 2 is 2.12 bits per heavy atom. The van der Waals surface area contributed by atoms with Gasteiger partial charge in [-0.15, -0.1) is 0 Å². The van der Waals surface area contributed by atoms with Crippen molar-refractivity contribution in [3.8, 4) is 0 Å². The first-order valence-electron chi connectivity index (χ1n) is 4.44. The predicted molar refractivity (Wildman–Crippen MR) is 71.2 cm³/mol. The summed E-state index contributed by atoms with van der Waals surface area (Å²) in [5.74, 6) is -0.332. The van der Waals surface area contributed by atoms with Crippen LogP contribution in [-0.4, -0.2) is 10.9 Å². The van der Waals surface area contributed by atoms with Crippen molar-refractivity contribution in [2.75, 3.05) is 5.32 Å². The normalized spacial score (nSPS) is 9.94. The van der Waals surface area contributed by atoms with Crippen LogP contribution in [0.1, 0.15) is 12.0 Å². The Morgan fingerprint density at radius 1 is 1.50 bits per heavy atom. The third kappa shape index (κ3) is 3.33. The maximum Gasteiger partial charge on any atom is 0.231 e. The summed E-state index contributed by atoms with van der Waals surface area (Å²) in [6, 6.07) is 3.44. The molecule has 0 aromatic heterocycles. The Morgan fingerprint density at radius 3 is 2.69 bits per heavy atom. The maximum absolute atomic E-state index is 11.4. The molecule has 1 aromatic rings. The summed E-state index contributed by atoms with van der Waals surface area (Å²) in [5.41, 5.74) is 6.48. The van der Waals surface area contributed by atoms with Gasteiger partial charge in [0.1, 0.15) is 0 Å². The summed E-state index contributed by atoms with van der Waals surface area (Å²) in [4.78, 5) is 11.6. The van der Waals surface area contributed by atoms with Crippen LogP contribution in [0, 0.1) is 6.92 Å². The second kappa shape index (κ2) is 5.48. The van der Waals surface area contributed by atoms with E-state index in [1.165, 1.54) is 0 Å². The van der Waals surface area contributed by atoms with E-state index in [1.807, 2.05) is 6.92 Å². The Labute approximate surface area is 109 Å². The number of carbonyl (C=O) groups excluding carboxylic acids is 1. The molecule has 0 unspecified atom stereocenters. The molecule has 0 aliphatic rings. The molecular weight excluding hydrogens is 267 g/mol. The van der Waals surface area contributed by atoms with Crippen molar-refractivity contribution >= 4 is 52.0 Å². The van der Waals surface area contributed by atoms with Crippen LogP contribution in [0.25, 0.3) is 0 Å². The number of anilines is 1. The minimum absolute atomic E-state index is 0.0318. The number of hydrogen-bond donors (Lipinski definition) is 2. The van der Waals surface area contributed by atoms with Crippen molar-refractivity contribution < 1.29 is 4.79 Å². The zero-order valence-electron chi connectivity index (χ0n) is 8.51. The second-order valence-corrected chi connectivity index (χ2v) is 4.55. The molecule has 0 saturated heterocycles. The van der Waals surface area contributed by atoms with Crippen LogP contribution < -0.4 is 11.1 Å². The quantitative estimate of drug-likeness (QED) is 0.835. The summed E-state index contributed by atoms with van der Waals surface area (Å²) < 4.78 is 0. The third-order valence-electron chi connectivity index (χ3n) is 1.88. The van der Waals surface area contributed by atoms with Crippen LogP contribution in [0.15, 0.2) is 12.1 Å². The molecule has 1 amide bonds. The molecule has 0 heterocycles. The van der Waals surface area contributed by atoms with E-state index in [9.17, 15) is 4.79 Å². The molecule has 0 saturated carbocycles. The average molecular weight is 277 g/mol. The monoisotopic (exact) mass is 276 g/mol. The fourth-order valence-electron chi connectivity index (χ4n) is 1.11. The fraction of sp³-hybridized carbons (Fsp3) is 0.200. The van der Waals surface area contributed by atoms with Crippen molar-refractivity contribution in [2.24, 2.45) is 5.73 Å². The molecular formula is C10H10Cl2N2OS. The molecule has 1 aromatic carbocycles. The molecule has 0 atom stereocenters. The highest BCUT2D eigenvalue weighted by molar-refractivity contribution is 7.80. The van der Waals surface area contributed by atoms with E-state index in [-0.39, 0.29) is 17.3 Å². The molecule has 0 aliphatic heterocycles. The van der Waals surface area contributed by atoms with Crippen LogP contribution in [0.4, 0.5) is 5.69 Å². The lowest BCUT2D eigenvalue weighted by atomic mass is 10.2. The van der Waals surface area contributed by atoms with Crippen LogP contribution in [0.3, 0.4) is 0 Å². The standard InChI is InChI=1S/C10H10Cl2N2OS/c1-5-2-3-6(11)10(9(5)12)14-8(15)4-7(13)16/h2-3H,4H2,1H3,(H2,13,16)(H,14,15). The molecule has 0 spiro atoms. The van der Waals surface area contributed by atoms with Gasteiger partial charge in [-0.1, -0.05) is 41.5 Å². The number of rotatable bonds is 3. The van der Waals surface area contributed by atoms with E-state index in [0.29, 0.717) is 15.7 Å². The third-order valence-corrected chi connectivity index (χ3v) is 2.83. The number of hydrogen-bond acceptors (Lipinski definition) is 2. The van der Waals surface area contributed by atoms with Gasteiger partial charge in [0.05, 0.1) is 27.1 Å². The molecule has 1 rings (SSSR count). The minimum Gasteiger partial charge on any atom is -0.393 e. The lowest BCUT2D eigenvalue weighted by Gasteiger charge is -2.10. The minimum atomic E-state index is -0.332. The van der Waals surface area contributed by atoms with Crippen LogP contribution in [0.2, 0.25) is 10.0 Å². The Hall–Kier alpha value is -0.840. The first-order valence-corrected chi connectivity index (χ1v) is 5.61. The smallest absolute Gasteiger partial charge is 0.231 e. The van der Waals surface area contributed by atoms with Crippen LogP contribution >= 0.6 is 35.4 Å².